The maximum absolute atomic E-state index is 12.6. The van der Waals surface area contributed by atoms with E-state index in [4.69, 9.17) is 12.2 Å². The number of benzene rings is 5. The summed E-state index contributed by atoms with van der Waals surface area (Å²) in [5.74, 6) is -2.45. The maximum Gasteiger partial charge on any atom is 0.272 e. The number of para-hydroxylation sites is 3. The van der Waals surface area contributed by atoms with Crippen LogP contribution in [0.25, 0.3) is 10.9 Å². The zero-order chi connectivity index (χ0) is 58.7. The number of hydrogen-bond donors (Lipinski definition) is 4. The van der Waals surface area contributed by atoms with Gasteiger partial charge >= 0.3 is 0 Å². The minimum Gasteiger partial charge on any atom is -0.545 e. The highest BCUT2D eigenvalue weighted by Crippen LogP contribution is 2.25. The molecule has 0 radical (unpaired) electrons. The van der Waals surface area contributed by atoms with Crippen LogP contribution in [0.2, 0.25) is 0 Å². The number of aromatic amines is 1. The number of unbranched alkanes of at least 4 members (excludes halogenated alkanes) is 8. The maximum atomic E-state index is 12.6. The molecule has 0 atom stereocenters. The van der Waals surface area contributed by atoms with Crippen LogP contribution in [-0.2, 0) is 0 Å². The summed E-state index contributed by atoms with van der Waals surface area (Å²) >= 11 is 5.41. The first kappa shape index (κ1) is 69.8. The number of carboxylic acids is 2. The van der Waals surface area contributed by atoms with Gasteiger partial charge in [-0.15, -0.1) is 0 Å². The van der Waals surface area contributed by atoms with Crippen molar-refractivity contribution in [1.29, 1.82) is 0 Å². The van der Waals surface area contributed by atoms with E-state index in [1.165, 1.54) is 188 Å². The van der Waals surface area contributed by atoms with Crippen molar-refractivity contribution in [2.75, 3.05) is 68.3 Å². The molecule has 438 valence electrons. The molecule has 12 heteroatoms. The number of anilines is 3. The summed E-state index contributed by atoms with van der Waals surface area (Å²) in [7, 11) is 0. The molecular weight excluding hydrogens is 1010 g/mol. The molecule has 0 unspecified atom stereocenters. The number of aromatic carboxylic acids is 2. The summed E-state index contributed by atoms with van der Waals surface area (Å²) < 4.78 is 2.84. The number of nitrogens with one attached hydrogen (secondary N) is 4. The van der Waals surface area contributed by atoms with Crippen molar-refractivity contribution in [3.05, 3.63) is 162 Å². The van der Waals surface area contributed by atoms with Gasteiger partial charge in [0, 0.05) is 16.8 Å². The number of aromatic nitrogens is 1. The fourth-order valence-corrected chi connectivity index (χ4v) is 9.57. The number of H-pyrrole nitrogens is 1. The highest BCUT2D eigenvalue weighted by Gasteiger charge is 2.26. The Balaban J connectivity index is 0.000000367. The number of nitrogens with zero attached hydrogens (tertiary/aromatic N) is 2. The van der Waals surface area contributed by atoms with Gasteiger partial charge in [0.25, 0.3) is 5.91 Å². The fourth-order valence-electron chi connectivity index (χ4n) is 9.35. The number of carboxylic acid groups (broad SMARTS) is 2. The molecule has 0 spiro atoms. The van der Waals surface area contributed by atoms with Gasteiger partial charge in [-0.3, -0.25) is 4.79 Å². The van der Waals surface area contributed by atoms with Crippen molar-refractivity contribution in [3.63, 3.8) is 0 Å². The van der Waals surface area contributed by atoms with Gasteiger partial charge in [0.1, 0.15) is 5.69 Å². The number of hydrogen-bond acceptors (Lipinski definition) is 6. The third kappa shape index (κ3) is 28.7. The number of carbonyl (C=O) groups excluding carboxylic acids is 3. The highest BCUT2D eigenvalue weighted by molar-refractivity contribution is 7.80. The first-order valence-corrected chi connectivity index (χ1v) is 30.5. The van der Waals surface area contributed by atoms with Crippen molar-refractivity contribution >= 4 is 63.1 Å². The van der Waals surface area contributed by atoms with Crippen LogP contribution >= 0.6 is 12.2 Å². The summed E-state index contributed by atoms with van der Waals surface area (Å²) in [6.07, 6.45) is 22.1. The lowest BCUT2D eigenvalue weighted by atomic mass is 10.1. The van der Waals surface area contributed by atoms with Crippen LogP contribution in [0.4, 0.5) is 17.1 Å². The Labute approximate surface area is 488 Å². The minimum absolute atomic E-state index is 0.196. The quantitative estimate of drug-likeness (QED) is 0.0257. The van der Waals surface area contributed by atoms with Gasteiger partial charge in [0.2, 0.25) is 0 Å². The van der Waals surface area contributed by atoms with Crippen molar-refractivity contribution in [2.45, 2.75) is 158 Å². The Bertz CT molecular complexity index is 2380. The van der Waals surface area contributed by atoms with Crippen molar-refractivity contribution in [2.24, 2.45) is 0 Å². The predicted molar refractivity (Wildman–Crippen MR) is 339 cm³/mol. The van der Waals surface area contributed by atoms with Crippen LogP contribution < -0.4 is 26.2 Å². The summed E-state index contributed by atoms with van der Waals surface area (Å²) in [5, 5.41) is 30.8. The average Bonchev–Trinajstić information content (AvgIpc) is 3.94. The van der Waals surface area contributed by atoms with E-state index in [9.17, 15) is 24.6 Å². The second-order valence-electron chi connectivity index (χ2n) is 20.8. The molecule has 0 bridgehead atoms. The second kappa shape index (κ2) is 42.5. The van der Waals surface area contributed by atoms with Gasteiger partial charge in [-0.25, -0.2) is 0 Å². The largest absolute Gasteiger partial charge is 0.545 e. The molecule has 0 aliphatic carbocycles. The third-order valence-corrected chi connectivity index (χ3v) is 14.3. The van der Waals surface area contributed by atoms with Crippen LogP contribution in [-0.4, -0.2) is 89.3 Å². The van der Waals surface area contributed by atoms with E-state index in [-0.39, 0.29) is 17.0 Å². The molecule has 80 heavy (non-hydrogen) atoms. The van der Waals surface area contributed by atoms with Gasteiger partial charge in [0.05, 0.1) is 75.5 Å². The second-order valence-corrected chi connectivity index (χ2v) is 21.2. The lowest BCUT2D eigenvalue weighted by Gasteiger charge is -2.39. The summed E-state index contributed by atoms with van der Waals surface area (Å²) in [5.41, 5.74) is 4.19. The molecular formula is C68H100N6O5S. The smallest absolute Gasteiger partial charge is 0.272 e. The minimum atomic E-state index is -1.13. The number of carbonyl (C=O) groups is 3. The molecule has 6 rings (SSSR count). The molecule has 1 heterocycles. The Morgan fingerprint density at radius 3 is 1.02 bits per heavy atom. The Kier molecular flexibility index (Phi) is 37.1. The number of amides is 1. The van der Waals surface area contributed by atoms with Crippen LogP contribution in [0.5, 0.6) is 0 Å². The van der Waals surface area contributed by atoms with Gasteiger partial charge in [-0.05, 0) is 111 Å². The fraction of sp³-hybridized carbons (Fsp3) is 0.471. The molecule has 11 nitrogen and oxygen atoms in total. The van der Waals surface area contributed by atoms with E-state index in [1.807, 2.05) is 84.9 Å². The van der Waals surface area contributed by atoms with Gasteiger partial charge in [0.15, 0.2) is 5.11 Å². The molecule has 1 aromatic heterocycles. The third-order valence-electron chi connectivity index (χ3n) is 14.1. The standard InChI is InChI=1S/C22H18N4OS.2C16H36N.2C7H6O2/c27-21(23-16-9-3-1-4-10-16)19-14-15-8-7-13-18(20(15)25-19)26-22(28)24-17-11-5-2-6-12-17;2*1-5-9-13-17(14-10-6-2,15-11-7-3)16-12-8-4;2*8-7(9)6-4-2-1-3-5-6/h1-14,25H,(H,23,27)(H2,24,26,28);2*5-16H2,1-4H3;2*1-5H,(H,8,9)/q;2*+1;;/p-2. The van der Waals surface area contributed by atoms with Gasteiger partial charge in [-0.1, -0.05) is 216 Å². The zero-order valence-electron chi connectivity index (χ0n) is 50.2. The van der Waals surface area contributed by atoms with Gasteiger partial charge < -0.3 is 49.7 Å². The summed E-state index contributed by atoms with van der Waals surface area (Å²) in [6.45, 7) is 30.0. The van der Waals surface area contributed by atoms with Crippen molar-refractivity contribution in [3.8, 4) is 0 Å². The number of quaternary nitrogens is 2. The molecule has 0 aliphatic rings. The molecule has 1 amide bonds. The van der Waals surface area contributed by atoms with Crippen LogP contribution in [0.1, 0.15) is 189 Å². The molecule has 0 aliphatic heterocycles. The first-order valence-electron chi connectivity index (χ1n) is 30.1. The Hall–Kier alpha value is -6.34. The van der Waals surface area contributed by atoms with Crippen LogP contribution in [0, 0.1) is 0 Å². The van der Waals surface area contributed by atoms with E-state index >= 15 is 0 Å². The molecule has 6 aromatic rings. The normalized spacial score (nSPS) is 10.8. The highest BCUT2D eigenvalue weighted by atomic mass is 32.1. The average molecular weight is 1110 g/mol. The molecule has 4 N–H and O–H groups in total. The van der Waals surface area contributed by atoms with Crippen LogP contribution in [0.3, 0.4) is 0 Å². The van der Waals surface area contributed by atoms with Crippen molar-refractivity contribution in [1.82, 2.24) is 4.98 Å². The van der Waals surface area contributed by atoms with E-state index in [2.05, 4.69) is 76.3 Å². The van der Waals surface area contributed by atoms with Crippen molar-refractivity contribution < 1.29 is 33.6 Å². The number of rotatable bonds is 30. The predicted octanol–water partition coefficient (Wildman–Crippen LogP) is 15.3. The van der Waals surface area contributed by atoms with E-state index < -0.39 is 11.9 Å². The van der Waals surface area contributed by atoms with E-state index in [0.717, 1.165) is 28.0 Å². The Morgan fingerprint density at radius 1 is 0.412 bits per heavy atom. The van der Waals surface area contributed by atoms with E-state index in [0.29, 0.717) is 10.8 Å². The molecule has 0 saturated heterocycles. The Morgan fingerprint density at radius 2 is 0.725 bits per heavy atom. The zero-order valence-corrected chi connectivity index (χ0v) is 51.0. The monoisotopic (exact) mass is 1110 g/mol. The topological polar surface area (TPSA) is 149 Å². The SMILES string of the molecule is CCCC[N+](CCCC)(CCCC)CCCC.CCCC[N+](CCCC)(CCCC)CCCC.O=C(Nc1ccccc1)c1cc2cccc(NC(=S)Nc3ccccc3)c2[nH]1.O=C([O-])c1ccccc1.O=C([O-])c1ccccc1. The van der Waals surface area contributed by atoms with Gasteiger partial charge in [-0.2, -0.15) is 0 Å². The first-order chi connectivity index (χ1) is 38.8. The van der Waals surface area contributed by atoms with Crippen LogP contribution in [0.15, 0.2) is 146 Å². The van der Waals surface area contributed by atoms with E-state index in [1.54, 1.807) is 36.4 Å². The lowest BCUT2D eigenvalue weighted by Crippen LogP contribution is -2.50. The lowest BCUT2D eigenvalue weighted by molar-refractivity contribution is -0.929. The number of fused-ring (bicyclic) bond motifs is 1. The summed E-state index contributed by atoms with van der Waals surface area (Å²) in [4.78, 5) is 35.9. The number of thiocarbonyl (C=S) groups is 1. The molecule has 0 saturated carbocycles. The molecule has 5 aromatic carbocycles. The molecule has 0 fully saturated rings. The summed E-state index contributed by atoms with van der Waals surface area (Å²) in [6, 6.07) is 42.8.